The molecule has 1 saturated heterocycles. The van der Waals surface area contributed by atoms with E-state index in [1.165, 1.54) is 17.2 Å². The van der Waals surface area contributed by atoms with Crippen LogP contribution in [0.25, 0.3) is 11.2 Å². The van der Waals surface area contributed by atoms with E-state index in [9.17, 15) is 10.2 Å². The normalized spacial score (nSPS) is 29.7. The highest BCUT2D eigenvalue weighted by atomic mass is 16.6. The molecule has 0 bridgehead atoms. The molecule has 2 aromatic rings. The van der Waals surface area contributed by atoms with E-state index in [1.54, 1.807) is 12.2 Å². The Morgan fingerprint density at radius 2 is 2.10 bits per heavy atom. The molecular formula is C12H16N6O3. The molecule has 1 aliphatic rings. The van der Waals surface area contributed by atoms with Gasteiger partial charge in [-0.3, -0.25) is 4.57 Å². The Balaban J connectivity index is 1.96. The summed E-state index contributed by atoms with van der Waals surface area (Å²) < 4.78 is 7.19. The third-order valence-electron chi connectivity index (χ3n) is 3.40. The number of aliphatic hydroxyl groups is 2. The lowest BCUT2D eigenvalue weighted by Gasteiger charge is -2.16. The van der Waals surface area contributed by atoms with Crippen molar-refractivity contribution in [3.8, 4) is 0 Å². The first-order valence-electron chi connectivity index (χ1n) is 6.45. The van der Waals surface area contributed by atoms with Crippen molar-refractivity contribution >= 4 is 17.0 Å². The van der Waals surface area contributed by atoms with Gasteiger partial charge in [0.05, 0.1) is 6.33 Å². The van der Waals surface area contributed by atoms with Crippen molar-refractivity contribution in [1.82, 2.24) is 19.5 Å². The lowest BCUT2D eigenvalue weighted by molar-refractivity contribution is -0.0245. The first kappa shape index (κ1) is 13.9. The minimum atomic E-state index is -1.12. The molecule has 3 heterocycles. The molecule has 1 aliphatic heterocycles. The second-order valence-electron chi connectivity index (χ2n) is 4.72. The lowest BCUT2D eigenvalue weighted by Crippen LogP contribution is -2.30. The molecule has 21 heavy (non-hydrogen) atoms. The van der Waals surface area contributed by atoms with Crippen LogP contribution in [0.1, 0.15) is 6.23 Å². The fourth-order valence-corrected chi connectivity index (χ4v) is 2.34. The molecule has 0 unspecified atom stereocenters. The highest BCUT2D eigenvalue weighted by Crippen LogP contribution is 2.32. The summed E-state index contributed by atoms with van der Waals surface area (Å²) in [5.74, 6) is 0.242. The molecule has 112 valence electrons. The van der Waals surface area contributed by atoms with E-state index in [2.05, 4.69) is 15.0 Å². The van der Waals surface area contributed by atoms with Gasteiger partial charge in [-0.1, -0.05) is 12.2 Å². The lowest BCUT2D eigenvalue weighted by atomic mass is 10.1. The molecule has 9 nitrogen and oxygen atoms in total. The van der Waals surface area contributed by atoms with Crippen LogP contribution < -0.4 is 11.5 Å². The van der Waals surface area contributed by atoms with Crippen molar-refractivity contribution < 1.29 is 14.9 Å². The number of nitrogen functional groups attached to an aromatic ring is 1. The summed E-state index contributed by atoms with van der Waals surface area (Å²) in [7, 11) is 0. The van der Waals surface area contributed by atoms with Crippen LogP contribution in [0.15, 0.2) is 24.8 Å². The highest BCUT2D eigenvalue weighted by molar-refractivity contribution is 5.81. The van der Waals surface area contributed by atoms with Crippen LogP contribution in [0.3, 0.4) is 0 Å². The van der Waals surface area contributed by atoms with Crippen LogP contribution in [0.5, 0.6) is 0 Å². The zero-order valence-electron chi connectivity index (χ0n) is 11.1. The number of nitrogens with two attached hydrogens (primary N) is 2. The SMILES string of the molecule is NC/C=C/[C@H]1O[C@@H](n2cnc3c(N)ncnc32)[C@H](O)[C@@H]1O. The molecule has 4 atom stereocenters. The molecular weight excluding hydrogens is 276 g/mol. The second kappa shape index (κ2) is 5.37. The van der Waals surface area contributed by atoms with Gasteiger partial charge < -0.3 is 26.4 Å². The summed E-state index contributed by atoms with van der Waals surface area (Å²) in [5.41, 5.74) is 11.9. The number of hydrogen-bond acceptors (Lipinski definition) is 8. The maximum atomic E-state index is 10.2. The van der Waals surface area contributed by atoms with Gasteiger partial charge in [-0.05, 0) is 0 Å². The highest BCUT2D eigenvalue weighted by Gasteiger charge is 2.43. The Bertz CT molecular complexity index is 672. The van der Waals surface area contributed by atoms with Crippen LogP contribution in [0.2, 0.25) is 0 Å². The Labute approximate surface area is 119 Å². The van der Waals surface area contributed by atoms with Gasteiger partial charge in [0.25, 0.3) is 0 Å². The minimum absolute atomic E-state index is 0.242. The minimum Gasteiger partial charge on any atom is -0.387 e. The summed E-state index contributed by atoms with van der Waals surface area (Å²) >= 11 is 0. The van der Waals surface area contributed by atoms with Gasteiger partial charge in [-0.2, -0.15) is 0 Å². The fraction of sp³-hybridized carbons (Fsp3) is 0.417. The molecule has 1 fully saturated rings. The van der Waals surface area contributed by atoms with Crippen molar-refractivity contribution in [2.75, 3.05) is 12.3 Å². The Hall–Kier alpha value is -2.07. The maximum absolute atomic E-state index is 10.2. The first-order chi connectivity index (χ1) is 10.1. The van der Waals surface area contributed by atoms with Crippen molar-refractivity contribution in [2.24, 2.45) is 5.73 Å². The number of ether oxygens (including phenoxy) is 1. The Kier molecular flexibility index (Phi) is 3.55. The molecule has 6 N–H and O–H groups in total. The molecule has 0 aliphatic carbocycles. The maximum Gasteiger partial charge on any atom is 0.167 e. The second-order valence-corrected chi connectivity index (χ2v) is 4.72. The summed E-state index contributed by atoms with van der Waals surface area (Å²) in [6, 6.07) is 0. The zero-order chi connectivity index (χ0) is 15.0. The van der Waals surface area contributed by atoms with Gasteiger partial charge in [-0.25, -0.2) is 15.0 Å². The zero-order valence-corrected chi connectivity index (χ0v) is 11.1. The third-order valence-corrected chi connectivity index (χ3v) is 3.40. The largest absolute Gasteiger partial charge is 0.387 e. The number of rotatable bonds is 3. The van der Waals surface area contributed by atoms with Crippen molar-refractivity contribution in [3.63, 3.8) is 0 Å². The van der Waals surface area contributed by atoms with E-state index in [1.807, 2.05) is 0 Å². The quantitative estimate of drug-likeness (QED) is 0.502. The van der Waals surface area contributed by atoms with Crippen molar-refractivity contribution in [2.45, 2.75) is 24.5 Å². The van der Waals surface area contributed by atoms with Gasteiger partial charge in [-0.15, -0.1) is 0 Å². The third kappa shape index (κ3) is 2.25. The Morgan fingerprint density at radius 1 is 1.29 bits per heavy atom. The number of imidazole rings is 1. The molecule has 9 heteroatoms. The van der Waals surface area contributed by atoms with Gasteiger partial charge in [0.1, 0.15) is 30.2 Å². The Morgan fingerprint density at radius 3 is 2.86 bits per heavy atom. The average molecular weight is 292 g/mol. The number of hydrogen-bond donors (Lipinski definition) is 4. The number of anilines is 1. The molecule has 3 rings (SSSR count). The first-order valence-corrected chi connectivity index (χ1v) is 6.45. The van der Waals surface area contributed by atoms with Gasteiger partial charge in [0.2, 0.25) is 0 Å². The van der Waals surface area contributed by atoms with Gasteiger partial charge in [0, 0.05) is 6.54 Å². The van der Waals surface area contributed by atoms with E-state index in [4.69, 9.17) is 16.2 Å². The van der Waals surface area contributed by atoms with Crippen LogP contribution in [-0.2, 0) is 4.74 Å². The van der Waals surface area contributed by atoms with Crippen LogP contribution in [-0.4, -0.2) is 54.6 Å². The summed E-state index contributed by atoms with van der Waals surface area (Å²) in [4.78, 5) is 12.1. The summed E-state index contributed by atoms with van der Waals surface area (Å²) in [5, 5.41) is 20.2. The van der Waals surface area contributed by atoms with Crippen LogP contribution >= 0.6 is 0 Å². The average Bonchev–Trinajstić information content (AvgIpc) is 3.02. The van der Waals surface area contributed by atoms with Crippen LogP contribution in [0.4, 0.5) is 5.82 Å². The van der Waals surface area contributed by atoms with E-state index >= 15 is 0 Å². The molecule has 0 aromatic carbocycles. The van der Waals surface area contributed by atoms with Gasteiger partial charge >= 0.3 is 0 Å². The molecule has 2 aromatic heterocycles. The van der Waals surface area contributed by atoms with E-state index < -0.39 is 24.5 Å². The number of nitrogens with zero attached hydrogens (tertiary/aromatic N) is 4. The monoisotopic (exact) mass is 292 g/mol. The summed E-state index contributed by atoms with van der Waals surface area (Å²) in [6.07, 6.45) is 2.40. The molecule has 0 spiro atoms. The van der Waals surface area contributed by atoms with E-state index in [0.29, 0.717) is 17.7 Å². The predicted octanol–water partition coefficient (Wildman–Crippen LogP) is -1.46. The predicted molar refractivity (Wildman–Crippen MR) is 73.9 cm³/mol. The van der Waals surface area contributed by atoms with Crippen LogP contribution in [0, 0.1) is 0 Å². The molecule has 0 amide bonds. The smallest absolute Gasteiger partial charge is 0.167 e. The summed E-state index contributed by atoms with van der Waals surface area (Å²) in [6.45, 7) is 0.325. The number of fused-ring (bicyclic) bond motifs is 1. The molecule has 0 radical (unpaired) electrons. The fourth-order valence-electron chi connectivity index (χ4n) is 2.34. The number of aromatic nitrogens is 4. The molecule has 0 saturated carbocycles. The number of aliphatic hydroxyl groups excluding tert-OH is 2. The van der Waals surface area contributed by atoms with E-state index in [-0.39, 0.29) is 5.82 Å². The van der Waals surface area contributed by atoms with Crippen molar-refractivity contribution in [1.29, 1.82) is 0 Å². The topological polar surface area (TPSA) is 145 Å². The van der Waals surface area contributed by atoms with Crippen molar-refractivity contribution in [3.05, 3.63) is 24.8 Å². The standard InChI is InChI=1S/C12H16N6O3/c13-3-1-2-6-8(19)9(20)12(21-6)18-5-17-7-10(14)15-4-16-11(7)18/h1-2,4-6,8-9,12,19-20H,3,13H2,(H2,14,15,16)/b2-1+/t6-,8-,9-,12-/m1/s1. The van der Waals surface area contributed by atoms with Gasteiger partial charge in [0.15, 0.2) is 17.7 Å². The van der Waals surface area contributed by atoms with E-state index in [0.717, 1.165) is 0 Å².